The molecule has 1 N–H and O–H groups in total. The fourth-order valence-electron chi connectivity index (χ4n) is 1.84. The van der Waals surface area contributed by atoms with E-state index in [-0.39, 0.29) is 5.75 Å². The van der Waals surface area contributed by atoms with E-state index in [4.69, 9.17) is 0 Å². The van der Waals surface area contributed by atoms with E-state index in [2.05, 4.69) is 19.2 Å². The normalized spacial score (nSPS) is 12.2. The highest BCUT2D eigenvalue weighted by molar-refractivity contribution is 7.91. The van der Waals surface area contributed by atoms with Crippen LogP contribution in [0.2, 0.25) is 0 Å². The van der Waals surface area contributed by atoms with Gasteiger partial charge in [0.25, 0.3) is 0 Å². The molecule has 0 aromatic carbocycles. The van der Waals surface area contributed by atoms with Crippen LogP contribution >= 0.6 is 0 Å². The molecule has 0 saturated carbocycles. The molecule has 0 radical (unpaired) electrons. The lowest BCUT2D eigenvalue weighted by Crippen LogP contribution is -2.20. The van der Waals surface area contributed by atoms with Crippen molar-refractivity contribution in [2.45, 2.75) is 59.3 Å². The van der Waals surface area contributed by atoms with Gasteiger partial charge >= 0.3 is 0 Å². The predicted octanol–water partition coefficient (Wildman–Crippen LogP) is 3.01. The summed E-state index contributed by atoms with van der Waals surface area (Å²) in [5.74, 6) is 1.41. The van der Waals surface area contributed by atoms with Crippen molar-refractivity contribution >= 4 is 9.84 Å². The molecule has 18 heavy (non-hydrogen) atoms. The van der Waals surface area contributed by atoms with Gasteiger partial charge in [-0.3, -0.25) is 0 Å². The maximum absolute atomic E-state index is 11.2. The minimum Gasteiger partial charge on any atom is -0.317 e. The van der Waals surface area contributed by atoms with Crippen molar-refractivity contribution in [3.63, 3.8) is 0 Å². The van der Waals surface area contributed by atoms with E-state index in [1.54, 1.807) is 6.92 Å². The van der Waals surface area contributed by atoms with E-state index < -0.39 is 9.84 Å². The van der Waals surface area contributed by atoms with E-state index in [9.17, 15) is 8.42 Å². The third kappa shape index (κ3) is 12.4. The van der Waals surface area contributed by atoms with Gasteiger partial charge in [-0.15, -0.1) is 0 Å². The second-order valence-electron chi connectivity index (χ2n) is 5.44. The Bertz CT molecular complexity index is 274. The first kappa shape index (κ1) is 17.9. The van der Waals surface area contributed by atoms with Crippen molar-refractivity contribution in [1.82, 2.24) is 5.32 Å². The van der Waals surface area contributed by atoms with Crippen molar-refractivity contribution in [2.75, 3.05) is 24.6 Å². The minimum atomic E-state index is -2.77. The molecule has 0 atom stereocenters. The van der Waals surface area contributed by atoms with Crippen LogP contribution in [0, 0.1) is 5.92 Å². The minimum absolute atomic E-state index is 0.267. The largest absolute Gasteiger partial charge is 0.317 e. The molecular weight excluding hydrogens is 246 g/mol. The second kappa shape index (κ2) is 10.8. The van der Waals surface area contributed by atoms with Gasteiger partial charge in [-0.25, -0.2) is 8.42 Å². The number of nitrogens with one attached hydrogen (secondary N) is 1. The summed E-state index contributed by atoms with van der Waals surface area (Å²) in [5.41, 5.74) is 0. The molecule has 110 valence electrons. The molecular formula is C14H31NO2S. The lowest BCUT2D eigenvalue weighted by Gasteiger charge is -2.06. The summed E-state index contributed by atoms with van der Waals surface area (Å²) < 4.78 is 22.5. The molecule has 0 aromatic rings. The topological polar surface area (TPSA) is 46.2 Å². The first-order valence-corrected chi connectivity index (χ1v) is 9.21. The van der Waals surface area contributed by atoms with Crippen LogP contribution in [-0.2, 0) is 9.84 Å². The molecule has 0 aromatic heterocycles. The first-order valence-electron chi connectivity index (χ1n) is 7.39. The fourth-order valence-corrected chi connectivity index (χ4v) is 2.72. The molecule has 0 unspecified atom stereocenters. The molecule has 0 aliphatic heterocycles. The van der Waals surface area contributed by atoms with E-state index in [1.807, 2.05) is 0 Å². The number of rotatable bonds is 12. The summed E-state index contributed by atoms with van der Waals surface area (Å²) in [5, 5.41) is 3.32. The van der Waals surface area contributed by atoms with Gasteiger partial charge in [-0.1, -0.05) is 46.5 Å². The molecule has 0 spiro atoms. The van der Waals surface area contributed by atoms with Gasteiger partial charge in [-0.2, -0.15) is 0 Å². The highest BCUT2D eigenvalue weighted by Crippen LogP contribution is 2.08. The summed E-state index contributed by atoms with van der Waals surface area (Å²) in [7, 11) is -2.77. The van der Waals surface area contributed by atoms with Gasteiger partial charge in [0.05, 0.1) is 5.75 Å². The monoisotopic (exact) mass is 277 g/mol. The zero-order chi connectivity index (χ0) is 13.9. The Hall–Kier alpha value is -0.0900. The van der Waals surface area contributed by atoms with Crippen LogP contribution in [0.1, 0.15) is 59.3 Å². The van der Waals surface area contributed by atoms with Gasteiger partial charge < -0.3 is 5.32 Å². The van der Waals surface area contributed by atoms with Gasteiger partial charge in [0.2, 0.25) is 0 Å². The quantitative estimate of drug-likeness (QED) is 0.558. The van der Waals surface area contributed by atoms with Crippen LogP contribution < -0.4 is 5.32 Å². The molecule has 4 heteroatoms. The highest BCUT2D eigenvalue weighted by Gasteiger charge is 2.05. The standard InChI is InChI=1S/C14H31NO2S/c1-4-18(16,17)13-9-12-15-11-8-6-5-7-10-14(2)3/h14-15H,4-13H2,1-3H3. The molecule has 0 saturated heterocycles. The second-order valence-corrected chi connectivity index (χ2v) is 7.91. The summed E-state index contributed by atoms with van der Waals surface area (Å²) in [4.78, 5) is 0. The number of hydrogen-bond acceptors (Lipinski definition) is 3. The molecule has 0 heterocycles. The lowest BCUT2D eigenvalue weighted by molar-refractivity contribution is 0.512. The summed E-state index contributed by atoms with van der Waals surface area (Å²) in [6, 6.07) is 0. The van der Waals surface area contributed by atoms with Crippen LogP contribution in [0.25, 0.3) is 0 Å². The van der Waals surface area contributed by atoms with Crippen LogP contribution in [0.4, 0.5) is 0 Å². The third-order valence-corrected chi connectivity index (χ3v) is 4.92. The zero-order valence-corrected chi connectivity index (χ0v) is 13.2. The molecule has 0 rings (SSSR count). The van der Waals surface area contributed by atoms with E-state index >= 15 is 0 Å². The smallest absolute Gasteiger partial charge is 0.150 e. The van der Waals surface area contributed by atoms with Gasteiger partial charge in [0.1, 0.15) is 9.84 Å². The first-order chi connectivity index (χ1) is 8.48. The Balaban J connectivity index is 3.17. The van der Waals surface area contributed by atoms with E-state index in [0.29, 0.717) is 5.75 Å². The molecule has 3 nitrogen and oxygen atoms in total. The average molecular weight is 277 g/mol. The number of sulfone groups is 1. The zero-order valence-electron chi connectivity index (χ0n) is 12.4. The SMILES string of the molecule is CCS(=O)(=O)CCCNCCCCCCC(C)C. The summed E-state index contributed by atoms with van der Waals surface area (Å²) in [6.45, 7) is 8.09. The van der Waals surface area contributed by atoms with Crippen molar-refractivity contribution in [3.05, 3.63) is 0 Å². The molecule has 0 aliphatic rings. The van der Waals surface area contributed by atoms with Gasteiger partial charge in [0.15, 0.2) is 0 Å². The van der Waals surface area contributed by atoms with Gasteiger partial charge in [0, 0.05) is 5.75 Å². The summed E-state index contributed by atoms with van der Waals surface area (Å²) >= 11 is 0. The van der Waals surface area contributed by atoms with Crippen molar-refractivity contribution in [3.8, 4) is 0 Å². The lowest BCUT2D eigenvalue weighted by atomic mass is 10.0. The van der Waals surface area contributed by atoms with Gasteiger partial charge in [-0.05, 0) is 31.8 Å². The fraction of sp³-hybridized carbons (Fsp3) is 1.00. The summed E-state index contributed by atoms with van der Waals surface area (Å²) in [6.07, 6.45) is 7.23. The molecule has 0 fully saturated rings. The molecule has 0 amide bonds. The van der Waals surface area contributed by atoms with Crippen molar-refractivity contribution in [1.29, 1.82) is 0 Å². The maximum Gasteiger partial charge on any atom is 0.150 e. The number of hydrogen-bond donors (Lipinski definition) is 1. The predicted molar refractivity (Wildman–Crippen MR) is 79.7 cm³/mol. The number of unbranched alkanes of at least 4 members (excludes halogenated alkanes) is 3. The van der Waals surface area contributed by atoms with Crippen LogP contribution in [0.5, 0.6) is 0 Å². The van der Waals surface area contributed by atoms with E-state index in [1.165, 1.54) is 32.1 Å². The van der Waals surface area contributed by atoms with Crippen LogP contribution in [-0.4, -0.2) is 33.0 Å². The Kier molecular flexibility index (Phi) is 10.7. The van der Waals surface area contributed by atoms with Crippen LogP contribution in [0.15, 0.2) is 0 Å². The molecule has 0 aliphatic carbocycles. The average Bonchev–Trinajstić information content (AvgIpc) is 2.31. The Morgan fingerprint density at radius 2 is 1.56 bits per heavy atom. The van der Waals surface area contributed by atoms with Crippen LogP contribution in [0.3, 0.4) is 0 Å². The maximum atomic E-state index is 11.2. The Morgan fingerprint density at radius 1 is 0.944 bits per heavy atom. The Labute approximate surface area is 114 Å². The third-order valence-electron chi connectivity index (χ3n) is 3.13. The Morgan fingerprint density at radius 3 is 2.17 bits per heavy atom. The highest BCUT2D eigenvalue weighted by atomic mass is 32.2. The molecule has 0 bridgehead atoms. The van der Waals surface area contributed by atoms with Crippen molar-refractivity contribution in [2.24, 2.45) is 5.92 Å². The van der Waals surface area contributed by atoms with Crippen molar-refractivity contribution < 1.29 is 8.42 Å². The van der Waals surface area contributed by atoms with E-state index in [0.717, 1.165) is 25.4 Å².